The second kappa shape index (κ2) is 6.15. The first-order valence-electron chi connectivity index (χ1n) is 5.47. The first kappa shape index (κ1) is 12.5. The molecule has 0 radical (unpaired) electrons. The van der Waals surface area contributed by atoms with Crippen LogP contribution in [0.1, 0.15) is 26.7 Å². The summed E-state index contributed by atoms with van der Waals surface area (Å²) in [5, 5.41) is 3.25. The third-order valence-corrected chi connectivity index (χ3v) is 2.42. The molecule has 1 N–H and O–H groups in total. The van der Waals surface area contributed by atoms with Crippen molar-refractivity contribution in [2.45, 2.75) is 32.7 Å². The van der Waals surface area contributed by atoms with E-state index in [2.05, 4.69) is 29.1 Å². The Balaban J connectivity index is 2.85. The van der Waals surface area contributed by atoms with Crippen molar-refractivity contribution >= 4 is 5.95 Å². The average Bonchev–Trinajstić information content (AvgIpc) is 2.35. The second-order valence-corrected chi connectivity index (χ2v) is 3.43. The minimum Gasteiger partial charge on any atom is -0.481 e. The number of hydrogen-bond donors (Lipinski definition) is 1. The van der Waals surface area contributed by atoms with Crippen LogP contribution in [0.25, 0.3) is 0 Å². The lowest BCUT2D eigenvalue weighted by atomic mass is 10.2. The van der Waals surface area contributed by atoms with E-state index in [-0.39, 0.29) is 0 Å². The quantitative estimate of drug-likeness (QED) is 0.803. The molecule has 0 saturated heterocycles. The molecule has 0 aliphatic carbocycles. The zero-order valence-electron chi connectivity index (χ0n) is 10.3. The van der Waals surface area contributed by atoms with Crippen molar-refractivity contribution in [2.24, 2.45) is 0 Å². The highest BCUT2D eigenvalue weighted by molar-refractivity contribution is 5.34. The third kappa shape index (κ3) is 3.25. The minimum atomic E-state index is 0.372. The summed E-state index contributed by atoms with van der Waals surface area (Å²) in [5.41, 5.74) is 0. The smallest absolute Gasteiger partial charge is 0.229 e. The maximum absolute atomic E-state index is 5.08. The summed E-state index contributed by atoms with van der Waals surface area (Å²) >= 11 is 0. The van der Waals surface area contributed by atoms with Crippen LogP contribution < -0.4 is 14.8 Å². The van der Waals surface area contributed by atoms with Crippen LogP contribution in [0.15, 0.2) is 6.07 Å². The molecular weight excluding hydrogens is 206 g/mol. The molecule has 0 aromatic carbocycles. The number of rotatable bonds is 6. The molecule has 0 aliphatic heterocycles. The lowest BCUT2D eigenvalue weighted by molar-refractivity contribution is 0.372. The number of ether oxygens (including phenoxy) is 2. The van der Waals surface area contributed by atoms with Gasteiger partial charge in [-0.2, -0.15) is 9.97 Å². The molecule has 0 bridgehead atoms. The van der Waals surface area contributed by atoms with Crippen LogP contribution in [-0.4, -0.2) is 30.2 Å². The molecular formula is C11H19N3O2. The normalized spacial score (nSPS) is 10.3. The Kier molecular flexibility index (Phi) is 4.82. The summed E-state index contributed by atoms with van der Waals surface area (Å²) in [5.74, 6) is 1.55. The molecule has 0 amide bonds. The summed E-state index contributed by atoms with van der Waals surface area (Å²) in [6.45, 7) is 4.25. The van der Waals surface area contributed by atoms with Crippen molar-refractivity contribution in [3.63, 3.8) is 0 Å². The maximum Gasteiger partial charge on any atom is 0.229 e. The van der Waals surface area contributed by atoms with Crippen molar-refractivity contribution in [3.8, 4) is 11.8 Å². The number of nitrogens with one attached hydrogen (secondary N) is 1. The van der Waals surface area contributed by atoms with Crippen LogP contribution in [0.3, 0.4) is 0 Å². The molecule has 0 fully saturated rings. The number of anilines is 1. The summed E-state index contributed by atoms with van der Waals surface area (Å²) in [7, 11) is 3.14. The lowest BCUT2D eigenvalue weighted by Gasteiger charge is -2.15. The summed E-state index contributed by atoms with van der Waals surface area (Å²) < 4.78 is 10.2. The number of methoxy groups -OCH3 is 2. The van der Waals surface area contributed by atoms with Crippen molar-refractivity contribution in [1.29, 1.82) is 0 Å². The largest absolute Gasteiger partial charge is 0.481 e. The van der Waals surface area contributed by atoms with Crippen LogP contribution in [0.4, 0.5) is 5.95 Å². The fraction of sp³-hybridized carbons (Fsp3) is 0.636. The van der Waals surface area contributed by atoms with Gasteiger partial charge in [0.25, 0.3) is 0 Å². The van der Waals surface area contributed by atoms with Gasteiger partial charge in [-0.3, -0.25) is 0 Å². The SMILES string of the molecule is CCC(CC)Nc1nc(OC)cc(OC)n1. The Morgan fingerprint density at radius 3 is 2.00 bits per heavy atom. The first-order valence-corrected chi connectivity index (χ1v) is 5.47. The molecule has 5 nitrogen and oxygen atoms in total. The number of aromatic nitrogens is 2. The van der Waals surface area contributed by atoms with E-state index in [1.54, 1.807) is 20.3 Å². The fourth-order valence-corrected chi connectivity index (χ4v) is 1.35. The van der Waals surface area contributed by atoms with Crippen LogP contribution in [0.5, 0.6) is 11.8 Å². The maximum atomic E-state index is 5.08. The molecule has 1 aromatic heterocycles. The highest BCUT2D eigenvalue weighted by Gasteiger charge is 2.08. The molecule has 0 saturated carbocycles. The van der Waals surface area contributed by atoms with Gasteiger partial charge in [-0.15, -0.1) is 0 Å². The van der Waals surface area contributed by atoms with E-state index in [0.29, 0.717) is 23.8 Å². The van der Waals surface area contributed by atoms with Crippen LogP contribution in [0, 0.1) is 0 Å². The molecule has 0 unspecified atom stereocenters. The highest BCUT2D eigenvalue weighted by Crippen LogP contribution is 2.18. The second-order valence-electron chi connectivity index (χ2n) is 3.43. The van der Waals surface area contributed by atoms with Gasteiger partial charge in [0.1, 0.15) is 0 Å². The van der Waals surface area contributed by atoms with E-state index >= 15 is 0 Å². The molecule has 1 heterocycles. The Bertz CT molecular complexity index is 305. The minimum absolute atomic E-state index is 0.372. The van der Waals surface area contributed by atoms with E-state index in [0.717, 1.165) is 12.8 Å². The molecule has 5 heteroatoms. The van der Waals surface area contributed by atoms with Gasteiger partial charge in [0.15, 0.2) is 0 Å². The molecule has 0 spiro atoms. The number of hydrogen-bond acceptors (Lipinski definition) is 5. The van der Waals surface area contributed by atoms with Crippen molar-refractivity contribution in [2.75, 3.05) is 19.5 Å². The van der Waals surface area contributed by atoms with Gasteiger partial charge in [-0.05, 0) is 12.8 Å². The predicted octanol–water partition coefficient (Wildman–Crippen LogP) is 2.09. The van der Waals surface area contributed by atoms with E-state index in [1.165, 1.54) is 0 Å². The van der Waals surface area contributed by atoms with Gasteiger partial charge < -0.3 is 14.8 Å². The Labute approximate surface area is 96.2 Å². The van der Waals surface area contributed by atoms with Crippen molar-refractivity contribution in [1.82, 2.24) is 9.97 Å². The zero-order chi connectivity index (χ0) is 12.0. The fourth-order valence-electron chi connectivity index (χ4n) is 1.35. The molecule has 0 aliphatic rings. The number of nitrogens with zero attached hydrogens (tertiary/aromatic N) is 2. The Morgan fingerprint density at radius 2 is 1.62 bits per heavy atom. The van der Waals surface area contributed by atoms with Gasteiger partial charge in [0.2, 0.25) is 17.7 Å². The third-order valence-electron chi connectivity index (χ3n) is 2.42. The molecule has 0 atom stereocenters. The van der Waals surface area contributed by atoms with Gasteiger partial charge in [-0.1, -0.05) is 13.8 Å². The Hall–Kier alpha value is -1.52. The molecule has 16 heavy (non-hydrogen) atoms. The Morgan fingerprint density at radius 1 is 1.12 bits per heavy atom. The van der Waals surface area contributed by atoms with Crippen molar-refractivity contribution < 1.29 is 9.47 Å². The first-order chi connectivity index (χ1) is 7.73. The van der Waals surface area contributed by atoms with Gasteiger partial charge in [0.05, 0.1) is 20.3 Å². The topological polar surface area (TPSA) is 56.3 Å². The van der Waals surface area contributed by atoms with Crippen LogP contribution in [0.2, 0.25) is 0 Å². The van der Waals surface area contributed by atoms with Gasteiger partial charge in [-0.25, -0.2) is 0 Å². The molecule has 1 rings (SSSR count). The van der Waals surface area contributed by atoms with Crippen LogP contribution >= 0.6 is 0 Å². The summed E-state index contributed by atoms with van der Waals surface area (Å²) in [6.07, 6.45) is 2.05. The van der Waals surface area contributed by atoms with Crippen LogP contribution in [-0.2, 0) is 0 Å². The zero-order valence-corrected chi connectivity index (χ0v) is 10.3. The monoisotopic (exact) mass is 225 g/mol. The van der Waals surface area contributed by atoms with Gasteiger partial charge >= 0.3 is 0 Å². The van der Waals surface area contributed by atoms with E-state index in [4.69, 9.17) is 9.47 Å². The summed E-state index contributed by atoms with van der Waals surface area (Å²) in [6, 6.07) is 2.02. The molecule has 1 aromatic rings. The summed E-state index contributed by atoms with van der Waals surface area (Å²) in [4.78, 5) is 8.42. The lowest BCUT2D eigenvalue weighted by Crippen LogP contribution is -2.19. The van der Waals surface area contributed by atoms with E-state index in [1.807, 2.05) is 0 Å². The van der Waals surface area contributed by atoms with Crippen molar-refractivity contribution in [3.05, 3.63) is 6.07 Å². The average molecular weight is 225 g/mol. The highest BCUT2D eigenvalue weighted by atomic mass is 16.5. The standard InChI is InChI=1S/C11H19N3O2/c1-5-8(6-2)12-11-13-9(15-3)7-10(14-11)16-4/h7-8H,5-6H2,1-4H3,(H,12,13,14). The van der Waals surface area contributed by atoms with Gasteiger partial charge in [0, 0.05) is 6.04 Å². The van der Waals surface area contributed by atoms with E-state index in [9.17, 15) is 0 Å². The predicted molar refractivity (Wildman–Crippen MR) is 63.1 cm³/mol. The van der Waals surface area contributed by atoms with E-state index < -0.39 is 0 Å². The molecule has 90 valence electrons.